The third-order valence-corrected chi connectivity index (χ3v) is 9.02. The number of methoxy groups -OCH3 is 2. The fourth-order valence-corrected chi connectivity index (χ4v) is 6.83. The van der Waals surface area contributed by atoms with E-state index in [1.165, 1.54) is 28.8 Å². The molecule has 11 heteroatoms. The second-order valence-electron chi connectivity index (χ2n) is 10.6. The van der Waals surface area contributed by atoms with E-state index in [4.69, 9.17) is 19.3 Å². The Balaban J connectivity index is 1.55. The van der Waals surface area contributed by atoms with Gasteiger partial charge in [-0.25, -0.2) is 9.07 Å². The number of carbonyl (C=O) groups excluding carboxylic acids is 2. The topological polar surface area (TPSA) is 94.9 Å². The molecule has 1 N–H and O–H groups in total. The number of hydrogen-bond donors (Lipinski definition) is 1. The molecule has 9 nitrogen and oxygen atoms in total. The van der Waals surface area contributed by atoms with Crippen molar-refractivity contribution in [2.24, 2.45) is 0 Å². The van der Waals surface area contributed by atoms with E-state index < -0.39 is 11.1 Å². The largest absolute Gasteiger partial charge is 0.497 e. The molecule has 3 heterocycles. The number of rotatable bonds is 9. The molecule has 0 spiro atoms. The summed E-state index contributed by atoms with van der Waals surface area (Å²) in [7, 11) is 3.20. The van der Waals surface area contributed by atoms with Gasteiger partial charge in [-0.2, -0.15) is 5.10 Å². The average molecular weight is 617 g/mol. The second-order valence-corrected chi connectivity index (χ2v) is 11.7. The van der Waals surface area contributed by atoms with Gasteiger partial charge in [-0.1, -0.05) is 30.3 Å². The van der Waals surface area contributed by atoms with Crippen LogP contribution in [-0.2, 0) is 14.3 Å². The fraction of sp³-hybridized carbons (Fsp3) is 0.303. The minimum atomic E-state index is -0.427. The maximum Gasteiger partial charge on any atom is 0.240 e. The number of aromatic nitrogens is 2. The van der Waals surface area contributed by atoms with Crippen LogP contribution >= 0.6 is 11.8 Å². The fourth-order valence-electron chi connectivity index (χ4n) is 5.61. The van der Waals surface area contributed by atoms with E-state index in [2.05, 4.69) is 5.32 Å². The number of ether oxygens (including phenoxy) is 3. The van der Waals surface area contributed by atoms with Crippen LogP contribution in [0.1, 0.15) is 29.2 Å². The standard InChI is InChI=1S/C33H33FN4O5S/c1-41-24-14-15-27(42-2)26(17-24)32-30-31(21-7-4-3-5-8-21)36-38(23-12-10-22(34)11-13-23)33(30)37(29(40)20-44-32)19-28(39)35-18-25-9-6-16-43-25/h3-5,7-8,10-15,17,25,32H,6,9,16,18-20H2,1-2H3,(H,35,39)/t25-,32-/m1/s1. The Labute approximate surface area is 259 Å². The Hall–Kier alpha value is -4.35. The first-order valence-electron chi connectivity index (χ1n) is 14.4. The van der Waals surface area contributed by atoms with Crippen LogP contribution in [0.4, 0.5) is 10.2 Å². The Morgan fingerprint density at radius 2 is 1.89 bits per heavy atom. The Morgan fingerprint density at radius 3 is 2.59 bits per heavy atom. The summed E-state index contributed by atoms with van der Waals surface area (Å²) in [4.78, 5) is 28.8. The van der Waals surface area contributed by atoms with Crippen molar-refractivity contribution >= 4 is 29.4 Å². The molecule has 1 saturated heterocycles. The number of nitrogens with one attached hydrogen (secondary N) is 1. The van der Waals surface area contributed by atoms with Gasteiger partial charge in [0.2, 0.25) is 11.8 Å². The van der Waals surface area contributed by atoms with E-state index in [0.29, 0.717) is 41.8 Å². The van der Waals surface area contributed by atoms with Crippen LogP contribution in [0.15, 0.2) is 72.8 Å². The highest BCUT2D eigenvalue weighted by atomic mass is 32.2. The smallest absolute Gasteiger partial charge is 0.240 e. The van der Waals surface area contributed by atoms with Gasteiger partial charge in [-0.05, 0) is 55.3 Å². The molecule has 2 amide bonds. The van der Waals surface area contributed by atoms with Gasteiger partial charge in [0.25, 0.3) is 0 Å². The van der Waals surface area contributed by atoms with Gasteiger partial charge in [-0.3, -0.25) is 14.5 Å². The minimum absolute atomic E-state index is 0.0377. The van der Waals surface area contributed by atoms with Gasteiger partial charge in [0.05, 0.1) is 42.7 Å². The summed E-state index contributed by atoms with van der Waals surface area (Å²) in [5, 5.41) is 7.56. The molecule has 0 bridgehead atoms. The zero-order valence-electron chi connectivity index (χ0n) is 24.5. The second kappa shape index (κ2) is 13.1. The van der Waals surface area contributed by atoms with Crippen molar-refractivity contribution < 1.29 is 28.2 Å². The molecule has 44 heavy (non-hydrogen) atoms. The molecule has 1 aromatic heterocycles. The van der Waals surface area contributed by atoms with Gasteiger partial charge in [-0.15, -0.1) is 11.8 Å². The molecule has 2 aliphatic heterocycles. The number of thioether (sulfide) groups is 1. The van der Waals surface area contributed by atoms with Crippen molar-refractivity contribution in [3.8, 4) is 28.4 Å². The summed E-state index contributed by atoms with van der Waals surface area (Å²) in [6.45, 7) is 0.834. The molecule has 228 valence electrons. The SMILES string of the molecule is COc1ccc(OC)c([C@H]2SCC(=O)N(CC(=O)NC[C@H]3CCCO3)c3c2c(-c2ccccc2)nn3-c2ccc(F)cc2)c1. The number of benzene rings is 3. The first-order chi connectivity index (χ1) is 21.5. The van der Waals surface area contributed by atoms with Crippen LogP contribution in [0.2, 0.25) is 0 Å². The van der Waals surface area contributed by atoms with Crippen molar-refractivity contribution in [2.75, 3.05) is 44.6 Å². The van der Waals surface area contributed by atoms with Crippen molar-refractivity contribution in [2.45, 2.75) is 24.2 Å². The Bertz CT molecular complexity index is 1640. The summed E-state index contributed by atoms with van der Waals surface area (Å²) in [6, 6.07) is 21.1. The summed E-state index contributed by atoms with van der Waals surface area (Å²) in [5.74, 6) is 0.829. The van der Waals surface area contributed by atoms with E-state index in [1.54, 1.807) is 31.0 Å². The number of halogens is 1. The Kier molecular flexibility index (Phi) is 8.85. The van der Waals surface area contributed by atoms with Crippen LogP contribution in [0, 0.1) is 5.82 Å². The lowest BCUT2D eigenvalue weighted by molar-refractivity contribution is -0.123. The molecular formula is C33H33FN4O5S. The molecule has 0 radical (unpaired) electrons. The number of amides is 2. The molecule has 6 rings (SSSR count). The van der Waals surface area contributed by atoms with Crippen LogP contribution in [0.25, 0.3) is 16.9 Å². The molecule has 1 fully saturated rings. The van der Waals surface area contributed by atoms with Gasteiger partial charge in [0.1, 0.15) is 29.7 Å². The third-order valence-electron chi connectivity index (χ3n) is 7.78. The van der Waals surface area contributed by atoms with Crippen LogP contribution in [0.3, 0.4) is 0 Å². The van der Waals surface area contributed by atoms with Gasteiger partial charge < -0.3 is 19.5 Å². The monoisotopic (exact) mass is 616 g/mol. The zero-order valence-corrected chi connectivity index (χ0v) is 25.3. The van der Waals surface area contributed by atoms with Crippen molar-refractivity contribution in [1.29, 1.82) is 0 Å². The van der Waals surface area contributed by atoms with Crippen molar-refractivity contribution in [3.05, 3.63) is 89.7 Å². The summed E-state index contributed by atoms with van der Waals surface area (Å²) in [6.07, 6.45) is 1.80. The third kappa shape index (κ3) is 6.02. The van der Waals surface area contributed by atoms with Crippen molar-refractivity contribution in [3.63, 3.8) is 0 Å². The van der Waals surface area contributed by atoms with E-state index in [9.17, 15) is 14.0 Å². The highest BCUT2D eigenvalue weighted by Gasteiger charge is 2.39. The normalized spacial score (nSPS) is 18.1. The van der Waals surface area contributed by atoms with Crippen molar-refractivity contribution in [1.82, 2.24) is 15.1 Å². The molecule has 0 saturated carbocycles. The summed E-state index contributed by atoms with van der Waals surface area (Å²) >= 11 is 1.43. The molecule has 0 unspecified atom stereocenters. The highest BCUT2D eigenvalue weighted by molar-refractivity contribution is 8.00. The van der Waals surface area contributed by atoms with Gasteiger partial charge >= 0.3 is 0 Å². The van der Waals surface area contributed by atoms with E-state index in [1.807, 2.05) is 48.5 Å². The van der Waals surface area contributed by atoms with E-state index >= 15 is 0 Å². The number of hydrogen-bond acceptors (Lipinski definition) is 7. The first kappa shape index (κ1) is 29.7. The Morgan fingerprint density at radius 1 is 1.09 bits per heavy atom. The van der Waals surface area contributed by atoms with Crippen LogP contribution < -0.4 is 19.7 Å². The lowest BCUT2D eigenvalue weighted by Gasteiger charge is -2.24. The lowest BCUT2D eigenvalue weighted by Crippen LogP contribution is -2.44. The predicted octanol–water partition coefficient (Wildman–Crippen LogP) is 5.16. The molecule has 4 aromatic rings. The lowest BCUT2D eigenvalue weighted by atomic mass is 9.98. The highest BCUT2D eigenvalue weighted by Crippen LogP contribution is 2.51. The zero-order chi connectivity index (χ0) is 30.6. The molecule has 3 aromatic carbocycles. The van der Waals surface area contributed by atoms with Crippen LogP contribution in [0.5, 0.6) is 11.5 Å². The number of anilines is 1. The predicted molar refractivity (Wildman–Crippen MR) is 167 cm³/mol. The molecule has 2 atom stereocenters. The summed E-state index contributed by atoms with van der Waals surface area (Å²) < 4.78 is 32.7. The maximum atomic E-state index is 14.1. The maximum absolute atomic E-state index is 14.1. The molecule has 2 aliphatic rings. The van der Waals surface area contributed by atoms with Crippen LogP contribution in [-0.4, -0.2) is 67.4 Å². The average Bonchev–Trinajstić information content (AvgIpc) is 3.69. The molecular weight excluding hydrogens is 583 g/mol. The first-order valence-corrected chi connectivity index (χ1v) is 15.5. The quantitative estimate of drug-likeness (QED) is 0.278. The molecule has 0 aliphatic carbocycles. The minimum Gasteiger partial charge on any atom is -0.497 e. The number of carbonyl (C=O) groups is 2. The van der Waals surface area contributed by atoms with E-state index in [0.717, 1.165) is 29.5 Å². The number of fused-ring (bicyclic) bond motifs is 1. The number of nitrogens with zero attached hydrogens (tertiary/aromatic N) is 3. The summed E-state index contributed by atoms with van der Waals surface area (Å²) in [5.41, 5.74) is 3.54. The van der Waals surface area contributed by atoms with E-state index in [-0.39, 0.29) is 30.2 Å². The van der Waals surface area contributed by atoms with Gasteiger partial charge in [0, 0.05) is 29.8 Å². The van der Waals surface area contributed by atoms with Gasteiger partial charge in [0.15, 0.2) is 0 Å².